The maximum atomic E-state index is 13.5. The summed E-state index contributed by atoms with van der Waals surface area (Å²) < 4.78 is 13.5. The van der Waals surface area contributed by atoms with Crippen LogP contribution in [0.4, 0.5) is 4.39 Å². The number of aromatic carboxylic acids is 1. The summed E-state index contributed by atoms with van der Waals surface area (Å²) in [6.07, 6.45) is 0. The molecule has 0 saturated heterocycles. The van der Waals surface area contributed by atoms with Crippen LogP contribution in [0.5, 0.6) is 0 Å². The van der Waals surface area contributed by atoms with E-state index in [4.69, 9.17) is 5.11 Å². The molecule has 100 valence electrons. The van der Waals surface area contributed by atoms with E-state index in [1.165, 1.54) is 12.1 Å². The summed E-state index contributed by atoms with van der Waals surface area (Å²) in [6, 6.07) is 3.70. The fraction of sp³-hybridized carbons (Fsp3) is 0.462. The van der Waals surface area contributed by atoms with Crippen molar-refractivity contribution < 1.29 is 19.4 Å². The summed E-state index contributed by atoms with van der Waals surface area (Å²) in [5.74, 6) is -1.52. The van der Waals surface area contributed by atoms with E-state index in [-0.39, 0.29) is 12.1 Å². The Morgan fingerprint density at radius 1 is 1.44 bits per heavy atom. The molecule has 0 radical (unpaired) electrons. The minimum Gasteiger partial charge on any atom is -0.478 e. The van der Waals surface area contributed by atoms with Gasteiger partial charge in [-0.3, -0.25) is 4.90 Å². The Kier molecular flexibility index (Phi) is 4.43. The molecule has 0 unspecified atom stereocenters. The van der Waals surface area contributed by atoms with E-state index >= 15 is 0 Å². The third-order valence-electron chi connectivity index (χ3n) is 2.39. The van der Waals surface area contributed by atoms with Crippen LogP contribution in [0.25, 0.3) is 0 Å². The Morgan fingerprint density at radius 3 is 2.56 bits per heavy atom. The highest BCUT2D eigenvalue weighted by Gasteiger charge is 2.17. The van der Waals surface area contributed by atoms with E-state index in [0.29, 0.717) is 12.1 Å². The van der Waals surface area contributed by atoms with Gasteiger partial charge in [0.1, 0.15) is 5.82 Å². The van der Waals surface area contributed by atoms with Crippen LogP contribution in [0.15, 0.2) is 18.2 Å². The summed E-state index contributed by atoms with van der Waals surface area (Å²) in [5, 5.41) is 18.5. The molecule has 0 aliphatic heterocycles. The minimum atomic E-state index is -1.08. The normalized spacial score (nSPS) is 11.9. The van der Waals surface area contributed by atoms with Crippen molar-refractivity contribution in [1.82, 2.24) is 4.90 Å². The van der Waals surface area contributed by atoms with Gasteiger partial charge in [-0.25, -0.2) is 9.18 Å². The van der Waals surface area contributed by atoms with Gasteiger partial charge in [0.25, 0.3) is 0 Å². The second kappa shape index (κ2) is 5.46. The van der Waals surface area contributed by atoms with Gasteiger partial charge in [-0.15, -0.1) is 0 Å². The molecule has 0 spiro atoms. The predicted molar refractivity (Wildman–Crippen MR) is 66.0 cm³/mol. The number of carboxylic acid groups (broad SMARTS) is 1. The van der Waals surface area contributed by atoms with Crippen LogP contribution in [0.2, 0.25) is 0 Å². The van der Waals surface area contributed by atoms with Gasteiger partial charge in [-0.05, 0) is 39.1 Å². The molecular weight excluding hydrogens is 237 g/mol. The molecule has 0 fully saturated rings. The number of nitrogens with zero attached hydrogens (tertiary/aromatic N) is 1. The Morgan fingerprint density at radius 2 is 2.06 bits per heavy atom. The van der Waals surface area contributed by atoms with Crippen LogP contribution < -0.4 is 0 Å². The molecule has 0 bridgehead atoms. The first-order valence-corrected chi connectivity index (χ1v) is 5.62. The number of hydrogen-bond acceptors (Lipinski definition) is 3. The summed E-state index contributed by atoms with van der Waals surface area (Å²) in [6.45, 7) is 3.93. The zero-order chi connectivity index (χ0) is 13.9. The smallest absolute Gasteiger partial charge is 0.335 e. The number of hydrogen-bond donors (Lipinski definition) is 2. The standard InChI is InChI=1S/C13H18FNO3/c1-13(2,18)8-15(3)7-10-6-9(12(16)17)4-5-11(10)14/h4-6,18H,7-8H2,1-3H3,(H,16,17). The van der Waals surface area contributed by atoms with E-state index in [1.807, 2.05) is 0 Å². The van der Waals surface area contributed by atoms with Crippen molar-refractivity contribution in [1.29, 1.82) is 0 Å². The number of aliphatic hydroxyl groups is 1. The molecule has 2 N–H and O–H groups in total. The molecule has 1 aromatic rings. The van der Waals surface area contributed by atoms with Gasteiger partial charge in [0.15, 0.2) is 0 Å². The molecule has 0 amide bonds. The molecule has 0 aromatic heterocycles. The largest absolute Gasteiger partial charge is 0.478 e. The Balaban J connectivity index is 2.83. The molecule has 18 heavy (non-hydrogen) atoms. The number of rotatable bonds is 5. The summed E-state index contributed by atoms with van der Waals surface area (Å²) in [5.41, 5.74) is -0.514. The minimum absolute atomic E-state index is 0.0584. The highest BCUT2D eigenvalue weighted by molar-refractivity contribution is 5.87. The van der Waals surface area contributed by atoms with Gasteiger partial charge in [0, 0.05) is 18.7 Å². The molecule has 0 heterocycles. The first-order valence-electron chi connectivity index (χ1n) is 5.62. The molecule has 4 nitrogen and oxygen atoms in total. The number of benzene rings is 1. The Labute approximate surface area is 106 Å². The quantitative estimate of drug-likeness (QED) is 0.841. The molecule has 0 aliphatic carbocycles. The van der Waals surface area contributed by atoms with Crippen LogP contribution in [0.1, 0.15) is 29.8 Å². The van der Waals surface area contributed by atoms with E-state index < -0.39 is 17.4 Å². The monoisotopic (exact) mass is 255 g/mol. The molecule has 0 saturated carbocycles. The van der Waals surface area contributed by atoms with Gasteiger partial charge in [0.05, 0.1) is 11.2 Å². The lowest BCUT2D eigenvalue weighted by Crippen LogP contribution is -2.36. The van der Waals surface area contributed by atoms with Crippen molar-refractivity contribution in [2.24, 2.45) is 0 Å². The molecule has 1 rings (SSSR count). The van der Waals surface area contributed by atoms with Crippen molar-refractivity contribution in [2.45, 2.75) is 26.0 Å². The van der Waals surface area contributed by atoms with Crippen LogP contribution in [-0.4, -0.2) is 40.3 Å². The summed E-state index contributed by atoms with van der Waals surface area (Å²) in [4.78, 5) is 12.5. The van der Waals surface area contributed by atoms with Gasteiger partial charge < -0.3 is 10.2 Å². The van der Waals surface area contributed by atoms with Crippen molar-refractivity contribution in [3.05, 3.63) is 35.1 Å². The van der Waals surface area contributed by atoms with Crippen LogP contribution in [0, 0.1) is 5.82 Å². The Bertz CT molecular complexity index is 440. The average molecular weight is 255 g/mol. The third-order valence-corrected chi connectivity index (χ3v) is 2.39. The lowest BCUT2D eigenvalue weighted by Gasteiger charge is -2.25. The van der Waals surface area contributed by atoms with Gasteiger partial charge in [0.2, 0.25) is 0 Å². The van der Waals surface area contributed by atoms with Gasteiger partial charge in [-0.1, -0.05) is 0 Å². The maximum Gasteiger partial charge on any atom is 0.335 e. The Hall–Kier alpha value is -1.46. The SMILES string of the molecule is CN(Cc1cc(C(=O)O)ccc1F)CC(C)(C)O. The molecule has 1 aromatic carbocycles. The van der Waals surface area contributed by atoms with E-state index in [9.17, 15) is 14.3 Å². The second-order valence-corrected chi connectivity index (χ2v) is 5.10. The van der Waals surface area contributed by atoms with Gasteiger partial charge >= 0.3 is 5.97 Å². The highest BCUT2D eigenvalue weighted by atomic mass is 19.1. The summed E-state index contributed by atoms with van der Waals surface area (Å²) >= 11 is 0. The molecule has 5 heteroatoms. The van der Waals surface area contributed by atoms with Gasteiger partial charge in [-0.2, -0.15) is 0 Å². The molecule has 0 atom stereocenters. The number of carbonyl (C=O) groups is 1. The van der Waals surface area contributed by atoms with Crippen molar-refractivity contribution >= 4 is 5.97 Å². The number of halogens is 1. The maximum absolute atomic E-state index is 13.5. The van der Waals surface area contributed by atoms with E-state index in [2.05, 4.69) is 0 Å². The lowest BCUT2D eigenvalue weighted by molar-refractivity contribution is 0.0421. The first kappa shape index (κ1) is 14.6. The summed E-state index contributed by atoms with van der Waals surface area (Å²) in [7, 11) is 1.74. The second-order valence-electron chi connectivity index (χ2n) is 5.10. The highest BCUT2D eigenvalue weighted by Crippen LogP contribution is 2.14. The topological polar surface area (TPSA) is 60.8 Å². The average Bonchev–Trinajstić information content (AvgIpc) is 2.18. The predicted octanol–water partition coefficient (Wildman–Crippen LogP) is 1.73. The van der Waals surface area contributed by atoms with Crippen molar-refractivity contribution in [3.8, 4) is 0 Å². The van der Waals surface area contributed by atoms with Crippen molar-refractivity contribution in [3.63, 3.8) is 0 Å². The third kappa shape index (κ3) is 4.43. The van der Waals surface area contributed by atoms with Crippen LogP contribution in [-0.2, 0) is 6.54 Å². The van der Waals surface area contributed by atoms with E-state index in [1.54, 1.807) is 25.8 Å². The zero-order valence-corrected chi connectivity index (χ0v) is 10.8. The zero-order valence-electron chi connectivity index (χ0n) is 10.8. The number of carboxylic acids is 1. The first-order chi connectivity index (χ1) is 8.19. The lowest BCUT2D eigenvalue weighted by atomic mass is 10.1. The fourth-order valence-electron chi connectivity index (χ4n) is 1.84. The van der Waals surface area contributed by atoms with Crippen LogP contribution >= 0.6 is 0 Å². The van der Waals surface area contributed by atoms with Crippen molar-refractivity contribution in [2.75, 3.05) is 13.6 Å². The van der Waals surface area contributed by atoms with Crippen LogP contribution in [0.3, 0.4) is 0 Å². The molecular formula is C13H18FNO3. The van der Waals surface area contributed by atoms with E-state index in [0.717, 1.165) is 6.07 Å². The number of likely N-dealkylation sites (N-methyl/N-ethyl adjacent to an activating group) is 1. The fourth-order valence-corrected chi connectivity index (χ4v) is 1.84. The molecule has 0 aliphatic rings.